The Kier molecular flexibility index (Phi) is 5.31. The van der Waals surface area contributed by atoms with Crippen molar-refractivity contribution in [3.05, 3.63) is 63.6 Å². The van der Waals surface area contributed by atoms with Crippen molar-refractivity contribution in [3.63, 3.8) is 0 Å². The molecule has 112 valence electrons. The Morgan fingerprint density at radius 1 is 1.14 bits per heavy atom. The number of methoxy groups -OCH3 is 1. The highest BCUT2D eigenvalue weighted by Crippen LogP contribution is 2.26. The highest BCUT2D eigenvalue weighted by atomic mass is 79.9. The molecule has 0 aliphatic rings. The molecule has 0 bridgehead atoms. The summed E-state index contributed by atoms with van der Waals surface area (Å²) in [5, 5.41) is 3.03. The molecule has 0 aliphatic heterocycles. The number of nitrogens with one attached hydrogen (secondary N) is 1. The van der Waals surface area contributed by atoms with Crippen LogP contribution in [-0.4, -0.2) is 14.2 Å². The van der Waals surface area contributed by atoms with E-state index in [-0.39, 0.29) is 10.5 Å². The van der Waals surface area contributed by atoms with Gasteiger partial charge in [0.1, 0.15) is 17.4 Å². The molecule has 2 rings (SSSR count). The fourth-order valence-electron chi connectivity index (χ4n) is 2.17. The van der Waals surface area contributed by atoms with Gasteiger partial charge in [-0.15, -0.1) is 0 Å². The van der Waals surface area contributed by atoms with Crippen molar-refractivity contribution in [1.82, 2.24) is 5.32 Å². The molecule has 0 amide bonds. The zero-order valence-electron chi connectivity index (χ0n) is 11.8. The van der Waals surface area contributed by atoms with Crippen LogP contribution in [0.1, 0.15) is 17.2 Å². The first-order valence-electron chi connectivity index (χ1n) is 6.49. The molecule has 0 spiro atoms. The van der Waals surface area contributed by atoms with Crippen LogP contribution in [0.5, 0.6) is 5.75 Å². The van der Waals surface area contributed by atoms with Gasteiger partial charge < -0.3 is 10.1 Å². The van der Waals surface area contributed by atoms with Crippen LogP contribution < -0.4 is 10.1 Å². The van der Waals surface area contributed by atoms with Crippen LogP contribution in [0.2, 0.25) is 0 Å². The Labute approximate surface area is 131 Å². The monoisotopic (exact) mass is 355 g/mol. The van der Waals surface area contributed by atoms with Crippen molar-refractivity contribution in [2.75, 3.05) is 14.2 Å². The summed E-state index contributed by atoms with van der Waals surface area (Å²) >= 11 is 2.98. The molecule has 0 aliphatic carbocycles. The Balaban J connectivity index is 2.25. The largest absolute Gasteiger partial charge is 0.497 e. The Morgan fingerprint density at radius 2 is 1.81 bits per heavy atom. The van der Waals surface area contributed by atoms with E-state index in [4.69, 9.17) is 4.74 Å². The highest BCUT2D eigenvalue weighted by Gasteiger charge is 2.17. The van der Waals surface area contributed by atoms with Crippen molar-refractivity contribution in [2.24, 2.45) is 0 Å². The van der Waals surface area contributed by atoms with Crippen LogP contribution >= 0.6 is 15.9 Å². The molecule has 0 saturated carbocycles. The maximum absolute atomic E-state index is 14.0. The standard InChI is InChI=1S/C16H16BrF2NO/c1-20-16(7-10-3-5-11(21-2)6-4-10)12-8-15(19)13(17)9-14(12)18/h3-6,8-9,16,20H,7H2,1-2H3. The van der Waals surface area contributed by atoms with E-state index in [0.29, 0.717) is 12.0 Å². The van der Waals surface area contributed by atoms with Crippen LogP contribution in [-0.2, 0) is 6.42 Å². The maximum atomic E-state index is 14.0. The van der Waals surface area contributed by atoms with Gasteiger partial charge in [-0.2, -0.15) is 0 Å². The molecule has 5 heteroatoms. The zero-order chi connectivity index (χ0) is 15.4. The normalized spacial score (nSPS) is 12.2. The van der Waals surface area contributed by atoms with Crippen LogP contribution in [0.4, 0.5) is 8.78 Å². The molecule has 21 heavy (non-hydrogen) atoms. The van der Waals surface area contributed by atoms with Gasteiger partial charge in [0.05, 0.1) is 11.6 Å². The fraction of sp³-hybridized carbons (Fsp3) is 0.250. The summed E-state index contributed by atoms with van der Waals surface area (Å²) < 4.78 is 32.9. The minimum absolute atomic E-state index is 0.128. The maximum Gasteiger partial charge on any atom is 0.137 e. The first-order valence-corrected chi connectivity index (χ1v) is 7.29. The molecule has 1 atom stereocenters. The van der Waals surface area contributed by atoms with Gasteiger partial charge in [0, 0.05) is 11.6 Å². The van der Waals surface area contributed by atoms with Crippen LogP contribution in [0.25, 0.3) is 0 Å². The molecular weight excluding hydrogens is 340 g/mol. The average Bonchev–Trinajstić information content (AvgIpc) is 2.49. The molecule has 1 N–H and O–H groups in total. The predicted octanol–water partition coefficient (Wildman–Crippen LogP) is 4.24. The van der Waals surface area contributed by atoms with E-state index in [1.807, 2.05) is 24.3 Å². The third-order valence-electron chi connectivity index (χ3n) is 3.36. The van der Waals surface area contributed by atoms with E-state index in [1.54, 1.807) is 14.2 Å². The van der Waals surface area contributed by atoms with Crippen LogP contribution in [0.15, 0.2) is 40.9 Å². The number of hydrogen-bond donors (Lipinski definition) is 1. The highest BCUT2D eigenvalue weighted by molar-refractivity contribution is 9.10. The number of likely N-dealkylation sites (N-methyl/N-ethyl adjacent to an activating group) is 1. The lowest BCUT2D eigenvalue weighted by molar-refractivity contribution is 0.414. The smallest absolute Gasteiger partial charge is 0.137 e. The van der Waals surface area contributed by atoms with Gasteiger partial charge in [-0.1, -0.05) is 12.1 Å². The average molecular weight is 356 g/mol. The van der Waals surface area contributed by atoms with Gasteiger partial charge in [-0.3, -0.25) is 0 Å². The molecule has 2 aromatic rings. The van der Waals surface area contributed by atoms with Gasteiger partial charge in [0.15, 0.2) is 0 Å². The van der Waals surface area contributed by atoms with Crippen molar-refractivity contribution in [2.45, 2.75) is 12.5 Å². The number of ether oxygens (including phenoxy) is 1. The van der Waals surface area contributed by atoms with Crippen molar-refractivity contribution < 1.29 is 13.5 Å². The number of halogens is 3. The van der Waals surface area contributed by atoms with E-state index in [1.165, 1.54) is 6.07 Å². The number of hydrogen-bond acceptors (Lipinski definition) is 2. The molecule has 0 aromatic heterocycles. The first kappa shape index (κ1) is 15.9. The second kappa shape index (κ2) is 7.00. The van der Waals surface area contributed by atoms with E-state index in [0.717, 1.165) is 17.4 Å². The second-order valence-corrected chi connectivity index (χ2v) is 5.54. The quantitative estimate of drug-likeness (QED) is 0.810. The van der Waals surface area contributed by atoms with E-state index >= 15 is 0 Å². The van der Waals surface area contributed by atoms with Crippen molar-refractivity contribution in [1.29, 1.82) is 0 Å². The van der Waals surface area contributed by atoms with E-state index in [2.05, 4.69) is 21.2 Å². The molecule has 0 fully saturated rings. The Bertz CT molecular complexity index is 616. The van der Waals surface area contributed by atoms with E-state index in [9.17, 15) is 8.78 Å². The summed E-state index contributed by atoms with van der Waals surface area (Å²) in [5.41, 5.74) is 1.33. The molecular formula is C16H16BrF2NO. The SMILES string of the molecule is CNC(Cc1ccc(OC)cc1)c1cc(F)c(Br)cc1F. The van der Waals surface area contributed by atoms with Gasteiger partial charge in [0.25, 0.3) is 0 Å². The summed E-state index contributed by atoms with van der Waals surface area (Å²) in [4.78, 5) is 0. The Hall–Kier alpha value is -1.46. The van der Waals surface area contributed by atoms with Gasteiger partial charge >= 0.3 is 0 Å². The second-order valence-electron chi connectivity index (χ2n) is 4.68. The summed E-state index contributed by atoms with van der Waals surface area (Å²) in [6.45, 7) is 0. The van der Waals surface area contributed by atoms with Crippen LogP contribution in [0, 0.1) is 11.6 Å². The lowest BCUT2D eigenvalue weighted by Gasteiger charge is -2.18. The number of benzene rings is 2. The fourth-order valence-corrected chi connectivity index (χ4v) is 2.49. The predicted molar refractivity (Wildman–Crippen MR) is 82.6 cm³/mol. The third-order valence-corrected chi connectivity index (χ3v) is 3.97. The summed E-state index contributed by atoms with van der Waals surface area (Å²) in [5.74, 6) is -0.141. The number of rotatable bonds is 5. The summed E-state index contributed by atoms with van der Waals surface area (Å²) in [6, 6.07) is 9.60. The van der Waals surface area contributed by atoms with Crippen molar-refractivity contribution in [3.8, 4) is 5.75 Å². The van der Waals surface area contributed by atoms with E-state index < -0.39 is 11.6 Å². The minimum atomic E-state index is -0.471. The Morgan fingerprint density at radius 3 is 2.38 bits per heavy atom. The topological polar surface area (TPSA) is 21.3 Å². The lowest BCUT2D eigenvalue weighted by Crippen LogP contribution is -2.20. The molecule has 1 unspecified atom stereocenters. The summed E-state index contributed by atoms with van der Waals surface area (Å²) in [7, 11) is 3.33. The molecule has 0 saturated heterocycles. The zero-order valence-corrected chi connectivity index (χ0v) is 13.4. The minimum Gasteiger partial charge on any atom is -0.497 e. The molecule has 2 nitrogen and oxygen atoms in total. The first-order chi connectivity index (χ1) is 10.0. The van der Waals surface area contributed by atoms with Gasteiger partial charge in [-0.25, -0.2) is 8.78 Å². The lowest BCUT2D eigenvalue weighted by atomic mass is 9.98. The van der Waals surface area contributed by atoms with Gasteiger partial charge in [0.2, 0.25) is 0 Å². The van der Waals surface area contributed by atoms with Crippen molar-refractivity contribution >= 4 is 15.9 Å². The van der Waals surface area contributed by atoms with Crippen LogP contribution in [0.3, 0.4) is 0 Å². The third kappa shape index (κ3) is 3.80. The molecule has 2 aromatic carbocycles. The molecule has 0 radical (unpaired) electrons. The molecule has 0 heterocycles. The van der Waals surface area contributed by atoms with Gasteiger partial charge in [-0.05, 0) is 59.2 Å². The summed E-state index contributed by atoms with van der Waals surface area (Å²) in [6.07, 6.45) is 0.554.